The topological polar surface area (TPSA) is 105 Å². The molecule has 2 amide bonds. The molecule has 1 saturated heterocycles. The maximum Gasteiger partial charge on any atom is 0.407 e. The summed E-state index contributed by atoms with van der Waals surface area (Å²) in [5, 5.41) is 11.8. The molecule has 1 aliphatic carbocycles. The van der Waals surface area contributed by atoms with Crippen LogP contribution in [0.1, 0.15) is 43.2 Å². The Kier molecular flexibility index (Phi) is 8.02. The Morgan fingerprint density at radius 2 is 1.71 bits per heavy atom. The molecule has 0 saturated carbocycles. The number of benzene rings is 2. The molecule has 1 fully saturated rings. The molecular weight excluding hydrogens is 448 g/mol. The van der Waals surface area contributed by atoms with Gasteiger partial charge in [-0.25, -0.2) is 4.79 Å². The number of carbonyl (C=O) groups is 3. The molecule has 2 aromatic rings. The van der Waals surface area contributed by atoms with E-state index in [1.807, 2.05) is 43.3 Å². The predicted molar refractivity (Wildman–Crippen MR) is 130 cm³/mol. The molecule has 186 valence electrons. The quantitative estimate of drug-likeness (QED) is 0.538. The van der Waals surface area contributed by atoms with Gasteiger partial charge in [0.1, 0.15) is 12.6 Å². The fraction of sp³-hybridized carbons (Fsp3) is 0.444. The zero-order valence-electron chi connectivity index (χ0n) is 19.9. The number of carboxylic acid groups (broad SMARTS) is 1. The number of aliphatic carboxylic acids is 1. The van der Waals surface area contributed by atoms with Crippen molar-refractivity contribution in [2.24, 2.45) is 5.92 Å². The van der Waals surface area contributed by atoms with Gasteiger partial charge in [0.05, 0.1) is 6.61 Å². The Morgan fingerprint density at radius 3 is 2.34 bits per heavy atom. The van der Waals surface area contributed by atoms with Crippen LogP contribution in [0.2, 0.25) is 0 Å². The standard InChI is InChI=1S/C27H32N2O6/c1-2-34-16-18-13-14-29(15-18)26(32)24(11-12-25(30)31)28-27(33)35-17-23-21-9-5-3-7-19(21)20-8-4-6-10-22(20)23/h3-10,18,23-24H,2,11-17H2,1H3,(H,28,33)(H,30,31). The highest BCUT2D eigenvalue weighted by molar-refractivity contribution is 5.86. The lowest BCUT2D eigenvalue weighted by Gasteiger charge is -2.24. The van der Waals surface area contributed by atoms with Gasteiger partial charge in [-0.05, 0) is 42.0 Å². The highest BCUT2D eigenvalue weighted by Gasteiger charge is 2.33. The number of hydrogen-bond acceptors (Lipinski definition) is 5. The maximum absolute atomic E-state index is 13.1. The van der Waals surface area contributed by atoms with E-state index in [0.29, 0.717) is 26.3 Å². The second-order valence-corrected chi connectivity index (χ2v) is 9.05. The van der Waals surface area contributed by atoms with Crippen LogP contribution >= 0.6 is 0 Å². The van der Waals surface area contributed by atoms with Crippen molar-refractivity contribution in [2.45, 2.75) is 38.1 Å². The van der Waals surface area contributed by atoms with Gasteiger partial charge in [0.15, 0.2) is 0 Å². The molecular formula is C27H32N2O6. The minimum atomic E-state index is -1.02. The molecule has 0 spiro atoms. The summed E-state index contributed by atoms with van der Waals surface area (Å²) < 4.78 is 11.1. The van der Waals surface area contributed by atoms with Crippen LogP contribution in [0.25, 0.3) is 11.1 Å². The van der Waals surface area contributed by atoms with Gasteiger partial charge in [-0.3, -0.25) is 9.59 Å². The van der Waals surface area contributed by atoms with Crippen LogP contribution in [0, 0.1) is 5.92 Å². The average Bonchev–Trinajstić information content (AvgIpc) is 3.46. The van der Waals surface area contributed by atoms with Gasteiger partial charge >= 0.3 is 12.1 Å². The zero-order valence-corrected chi connectivity index (χ0v) is 19.9. The van der Waals surface area contributed by atoms with Crippen LogP contribution in [0.5, 0.6) is 0 Å². The molecule has 8 nitrogen and oxygen atoms in total. The highest BCUT2D eigenvalue weighted by atomic mass is 16.5. The van der Waals surface area contributed by atoms with Gasteiger partial charge in [-0.2, -0.15) is 0 Å². The second kappa shape index (κ2) is 11.4. The van der Waals surface area contributed by atoms with E-state index in [1.54, 1.807) is 4.90 Å². The van der Waals surface area contributed by atoms with E-state index in [4.69, 9.17) is 14.6 Å². The molecule has 2 atom stereocenters. The summed E-state index contributed by atoms with van der Waals surface area (Å²) >= 11 is 0. The lowest BCUT2D eigenvalue weighted by atomic mass is 9.98. The fourth-order valence-corrected chi connectivity index (χ4v) is 4.98. The number of hydrogen-bond donors (Lipinski definition) is 2. The average molecular weight is 481 g/mol. The third-order valence-electron chi connectivity index (χ3n) is 6.74. The molecule has 0 bridgehead atoms. The summed E-state index contributed by atoms with van der Waals surface area (Å²) in [4.78, 5) is 38.7. The van der Waals surface area contributed by atoms with E-state index in [2.05, 4.69) is 17.4 Å². The molecule has 2 aliphatic rings. The molecule has 0 radical (unpaired) electrons. The number of nitrogens with one attached hydrogen (secondary N) is 1. The minimum Gasteiger partial charge on any atom is -0.481 e. The Labute approximate surface area is 205 Å². The van der Waals surface area contributed by atoms with Gasteiger partial charge in [0.25, 0.3) is 0 Å². The SMILES string of the molecule is CCOCC1CCN(C(=O)C(CCC(=O)O)NC(=O)OCC2c3ccccc3-c3ccccc32)C1. The van der Waals surface area contributed by atoms with Crippen molar-refractivity contribution in [1.29, 1.82) is 0 Å². The van der Waals surface area contributed by atoms with Crippen LogP contribution < -0.4 is 5.32 Å². The molecule has 4 rings (SSSR count). The van der Waals surface area contributed by atoms with Crippen LogP contribution in [0.3, 0.4) is 0 Å². The lowest BCUT2D eigenvalue weighted by molar-refractivity contribution is -0.137. The maximum atomic E-state index is 13.1. The monoisotopic (exact) mass is 480 g/mol. The molecule has 35 heavy (non-hydrogen) atoms. The number of likely N-dealkylation sites (tertiary alicyclic amines) is 1. The van der Waals surface area contributed by atoms with Crippen molar-refractivity contribution < 1.29 is 29.0 Å². The summed E-state index contributed by atoms with van der Waals surface area (Å²) in [6, 6.07) is 15.1. The lowest BCUT2D eigenvalue weighted by Crippen LogP contribution is -2.48. The molecule has 2 N–H and O–H groups in total. The molecule has 1 heterocycles. The Balaban J connectivity index is 1.39. The number of fused-ring (bicyclic) bond motifs is 3. The summed E-state index contributed by atoms with van der Waals surface area (Å²) in [5.41, 5.74) is 4.44. The third kappa shape index (κ3) is 5.82. The molecule has 2 unspecified atom stereocenters. The van der Waals surface area contributed by atoms with Crippen LogP contribution in [0.4, 0.5) is 4.79 Å². The van der Waals surface area contributed by atoms with Crippen LogP contribution in [0.15, 0.2) is 48.5 Å². The first-order valence-electron chi connectivity index (χ1n) is 12.2. The Hall–Kier alpha value is -3.39. The molecule has 8 heteroatoms. The first kappa shape index (κ1) is 24.7. The largest absolute Gasteiger partial charge is 0.481 e. The molecule has 0 aromatic heterocycles. The van der Waals surface area contributed by atoms with Gasteiger partial charge < -0.3 is 24.8 Å². The summed E-state index contributed by atoms with van der Waals surface area (Å²) in [6.45, 7) is 4.36. The molecule has 2 aromatic carbocycles. The van der Waals surface area contributed by atoms with E-state index in [0.717, 1.165) is 28.7 Å². The number of amides is 2. The normalized spacial score (nSPS) is 17.5. The number of carboxylic acids is 1. The highest BCUT2D eigenvalue weighted by Crippen LogP contribution is 2.44. The minimum absolute atomic E-state index is 0.00495. The van der Waals surface area contributed by atoms with Crippen LogP contribution in [-0.4, -0.2) is 66.9 Å². The first-order chi connectivity index (χ1) is 17.0. The number of carbonyl (C=O) groups excluding carboxylic acids is 2. The van der Waals surface area contributed by atoms with Gasteiger partial charge in [-0.1, -0.05) is 48.5 Å². The summed E-state index contributed by atoms with van der Waals surface area (Å²) in [7, 11) is 0. The van der Waals surface area contributed by atoms with Gasteiger partial charge in [0, 0.05) is 38.0 Å². The predicted octanol–water partition coefficient (Wildman–Crippen LogP) is 3.64. The van der Waals surface area contributed by atoms with Crippen molar-refractivity contribution in [3.8, 4) is 11.1 Å². The van der Waals surface area contributed by atoms with Crippen molar-refractivity contribution in [3.63, 3.8) is 0 Å². The van der Waals surface area contributed by atoms with Gasteiger partial charge in [0.2, 0.25) is 5.91 Å². The smallest absolute Gasteiger partial charge is 0.407 e. The number of rotatable bonds is 10. The van der Waals surface area contributed by atoms with Crippen molar-refractivity contribution in [3.05, 3.63) is 59.7 Å². The second-order valence-electron chi connectivity index (χ2n) is 9.05. The Bertz CT molecular complexity index is 1030. The van der Waals surface area contributed by atoms with Crippen molar-refractivity contribution in [2.75, 3.05) is 32.9 Å². The Morgan fingerprint density at radius 1 is 1.06 bits per heavy atom. The summed E-state index contributed by atoms with van der Waals surface area (Å²) in [5.74, 6) is -1.15. The van der Waals surface area contributed by atoms with Gasteiger partial charge in [-0.15, -0.1) is 0 Å². The first-order valence-corrected chi connectivity index (χ1v) is 12.2. The van der Waals surface area contributed by atoms with E-state index in [-0.39, 0.29) is 37.2 Å². The number of nitrogens with zero attached hydrogens (tertiary/aromatic N) is 1. The summed E-state index contributed by atoms with van der Waals surface area (Å²) in [6.07, 6.45) is -0.121. The van der Waals surface area contributed by atoms with E-state index >= 15 is 0 Å². The van der Waals surface area contributed by atoms with Crippen molar-refractivity contribution in [1.82, 2.24) is 10.2 Å². The zero-order chi connectivity index (χ0) is 24.8. The van der Waals surface area contributed by atoms with E-state index in [9.17, 15) is 14.4 Å². The van der Waals surface area contributed by atoms with E-state index in [1.165, 1.54) is 0 Å². The van der Waals surface area contributed by atoms with E-state index < -0.39 is 18.1 Å². The number of ether oxygens (including phenoxy) is 2. The fourth-order valence-electron chi connectivity index (χ4n) is 4.98. The van der Waals surface area contributed by atoms with Crippen LogP contribution in [-0.2, 0) is 19.1 Å². The number of alkyl carbamates (subject to hydrolysis) is 1. The third-order valence-corrected chi connectivity index (χ3v) is 6.74. The molecule has 1 aliphatic heterocycles. The van der Waals surface area contributed by atoms with Crippen molar-refractivity contribution >= 4 is 18.0 Å².